The monoisotopic (exact) mass is 280 g/mol. The number of pyridine rings is 1. The maximum Gasteiger partial charge on any atom is 0.145 e. The molecule has 3 nitrogen and oxygen atoms in total. The van der Waals surface area contributed by atoms with Crippen molar-refractivity contribution >= 4 is 40.8 Å². The number of ether oxygens (including phenoxy) is 1. The second-order valence-corrected chi connectivity index (χ2v) is 4.95. The molecule has 0 radical (unpaired) electrons. The van der Waals surface area contributed by atoms with E-state index in [1.165, 1.54) is 0 Å². The lowest BCUT2D eigenvalue weighted by molar-refractivity contribution is 0.200. The van der Waals surface area contributed by atoms with Crippen LogP contribution in [-0.2, 0) is 4.74 Å². The fraction of sp³-hybridized carbons (Fsp3) is 0.500. The quantitative estimate of drug-likeness (QED) is 0.638. The van der Waals surface area contributed by atoms with Gasteiger partial charge in [-0.05, 0) is 12.5 Å². The molecule has 0 bridgehead atoms. The predicted octanol–water partition coefficient (Wildman–Crippen LogP) is 3.56. The fourth-order valence-electron chi connectivity index (χ4n) is 1.10. The van der Waals surface area contributed by atoms with E-state index in [9.17, 15) is 0 Å². The van der Waals surface area contributed by atoms with Crippen LogP contribution in [0.1, 0.15) is 6.42 Å². The fourth-order valence-corrected chi connectivity index (χ4v) is 2.52. The van der Waals surface area contributed by atoms with Crippen LogP contribution in [0.3, 0.4) is 0 Å². The third-order valence-electron chi connectivity index (χ3n) is 1.87. The smallest absolute Gasteiger partial charge is 0.145 e. The van der Waals surface area contributed by atoms with Gasteiger partial charge in [0.1, 0.15) is 10.8 Å². The molecule has 1 aromatic heterocycles. The molecule has 0 aliphatic heterocycles. The molecule has 6 heteroatoms. The molecule has 0 unspecified atom stereocenters. The Hall–Kier alpha value is -0.160. The van der Waals surface area contributed by atoms with Crippen molar-refractivity contribution in [2.75, 3.05) is 31.8 Å². The Kier molecular flexibility index (Phi) is 6.28. The van der Waals surface area contributed by atoms with Gasteiger partial charge in [0.25, 0.3) is 0 Å². The number of hydrogen-bond acceptors (Lipinski definition) is 4. The molecule has 1 rings (SSSR count). The van der Waals surface area contributed by atoms with E-state index >= 15 is 0 Å². The molecule has 1 heterocycles. The lowest BCUT2D eigenvalue weighted by atomic mass is 10.4. The SMILES string of the molecule is CNc1nc(SCCCOC)c(Cl)cc1Cl. The molecule has 0 aliphatic carbocycles. The molecule has 1 aromatic rings. The molecule has 0 saturated carbocycles. The number of nitrogens with one attached hydrogen (secondary N) is 1. The zero-order valence-corrected chi connectivity index (χ0v) is 11.5. The zero-order valence-electron chi connectivity index (χ0n) is 9.22. The van der Waals surface area contributed by atoms with Crippen LogP contribution in [0.5, 0.6) is 0 Å². The molecule has 16 heavy (non-hydrogen) atoms. The standard InChI is InChI=1S/C10H14Cl2N2OS/c1-13-9-7(11)6-8(12)10(14-9)16-5-3-4-15-2/h6H,3-5H2,1-2H3,(H,13,14). The van der Waals surface area contributed by atoms with Gasteiger partial charge in [-0.25, -0.2) is 4.98 Å². The van der Waals surface area contributed by atoms with Crippen molar-refractivity contribution in [3.63, 3.8) is 0 Å². The summed E-state index contributed by atoms with van der Waals surface area (Å²) in [4.78, 5) is 4.34. The molecular formula is C10H14Cl2N2OS. The van der Waals surface area contributed by atoms with Gasteiger partial charge < -0.3 is 10.1 Å². The van der Waals surface area contributed by atoms with E-state index in [0.717, 1.165) is 23.8 Å². The molecule has 1 N–H and O–H groups in total. The highest BCUT2D eigenvalue weighted by Crippen LogP contribution is 2.31. The van der Waals surface area contributed by atoms with Crippen LogP contribution in [0.15, 0.2) is 11.1 Å². The molecule has 0 fully saturated rings. The van der Waals surface area contributed by atoms with Gasteiger partial charge in [0.15, 0.2) is 0 Å². The Morgan fingerprint density at radius 1 is 1.44 bits per heavy atom. The summed E-state index contributed by atoms with van der Waals surface area (Å²) >= 11 is 13.6. The molecule has 0 atom stereocenters. The van der Waals surface area contributed by atoms with Gasteiger partial charge in [0.2, 0.25) is 0 Å². The third-order valence-corrected chi connectivity index (χ3v) is 3.63. The highest BCUT2D eigenvalue weighted by molar-refractivity contribution is 7.99. The minimum Gasteiger partial charge on any atom is -0.385 e. The number of aromatic nitrogens is 1. The van der Waals surface area contributed by atoms with Gasteiger partial charge in [0.05, 0.1) is 10.0 Å². The first-order valence-electron chi connectivity index (χ1n) is 4.84. The number of nitrogens with zero attached hydrogens (tertiary/aromatic N) is 1. The topological polar surface area (TPSA) is 34.2 Å². The first-order chi connectivity index (χ1) is 7.69. The van der Waals surface area contributed by atoms with Crippen LogP contribution in [0.4, 0.5) is 5.82 Å². The Morgan fingerprint density at radius 2 is 2.19 bits per heavy atom. The average Bonchev–Trinajstić information content (AvgIpc) is 2.27. The summed E-state index contributed by atoms with van der Waals surface area (Å²) in [5, 5.41) is 4.85. The van der Waals surface area contributed by atoms with Gasteiger partial charge in [-0.3, -0.25) is 0 Å². The summed E-state index contributed by atoms with van der Waals surface area (Å²) in [5.41, 5.74) is 0. The maximum absolute atomic E-state index is 6.04. The third kappa shape index (κ3) is 4.01. The Bertz CT molecular complexity index is 350. The minimum atomic E-state index is 0.536. The summed E-state index contributed by atoms with van der Waals surface area (Å²) in [7, 11) is 3.47. The summed E-state index contributed by atoms with van der Waals surface area (Å²) < 4.78 is 4.97. The van der Waals surface area contributed by atoms with Crippen molar-refractivity contribution in [3.8, 4) is 0 Å². The molecule has 0 amide bonds. The predicted molar refractivity (Wildman–Crippen MR) is 71.0 cm³/mol. The Labute approximate surface area is 110 Å². The first kappa shape index (κ1) is 13.9. The van der Waals surface area contributed by atoms with Crippen molar-refractivity contribution in [2.24, 2.45) is 0 Å². The molecule has 0 aliphatic rings. The van der Waals surface area contributed by atoms with Crippen molar-refractivity contribution in [3.05, 3.63) is 16.1 Å². The van der Waals surface area contributed by atoms with E-state index in [-0.39, 0.29) is 0 Å². The van der Waals surface area contributed by atoms with Crippen molar-refractivity contribution in [1.29, 1.82) is 0 Å². The number of thioether (sulfide) groups is 1. The number of methoxy groups -OCH3 is 1. The van der Waals surface area contributed by atoms with E-state index in [2.05, 4.69) is 10.3 Å². The maximum atomic E-state index is 6.04. The van der Waals surface area contributed by atoms with E-state index < -0.39 is 0 Å². The number of hydrogen-bond donors (Lipinski definition) is 1. The van der Waals surface area contributed by atoms with Crippen LogP contribution < -0.4 is 5.32 Å². The highest BCUT2D eigenvalue weighted by Gasteiger charge is 2.08. The summed E-state index contributed by atoms with van der Waals surface area (Å²) in [6, 6.07) is 1.71. The average molecular weight is 281 g/mol. The molecule has 0 saturated heterocycles. The Morgan fingerprint density at radius 3 is 2.81 bits per heavy atom. The van der Waals surface area contributed by atoms with Gasteiger partial charge in [-0.2, -0.15) is 0 Å². The van der Waals surface area contributed by atoms with Gasteiger partial charge in [0, 0.05) is 26.5 Å². The summed E-state index contributed by atoms with van der Waals surface area (Å²) in [6.45, 7) is 0.747. The van der Waals surface area contributed by atoms with Crippen LogP contribution >= 0.6 is 35.0 Å². The van der Waals surface area contributed by atoms with E-state index in [0.29, 0.717) is 15.9 Å². The Balaban J connectivity index is 2.64. The molecule has 0 aromatic carbocycles. The normalized spacial score (nSPS) is 10.5. The highest BCUT2D eigenvalue weighted by atomic mass is 35.5. The number of anilines is 1. The molecular weight excluding hydrogens is 267 g/mol. The lowest BCUT2D eigenvalue weighted by Gasteiger charge is -2.07. The van der Waals surface area contributed by atoms with Crippen LogP contribution in [0.2, 0.25) is 10.0 Å². The minimum absolute atomic E-state index is 0.536. The van der Waals surface area contributed by atoms with Gasteiger partial charge in [-0.15, -0.1) is 11.8 Å². The first-order valence-corrected chi connectivity index (χ1v) is 6.58. The van der Waals surface area contributed by atoms with Crippen LogP contribution in [0, 0.1) is 0 Å². The molecule has 0 spiro atoms. The van der Waals surface area contributed by atoms with E-state index in [1.54, 1.807) is 32.0 Å². The number of rotatable bonds is 6. The summed E-state index contributed by atoms with van der Waals surface area (Å²) in [6.07, 6.45) is 0.969. The van der Waals surface area contributed by atoms with Crippen molar-refractivity contribution in [2.45, 2.75) is 11.4 Å². The van der Waals surface area contributed by atoms with Crippen molar-refractivity contribution < 1.29 is 4.74 Å². The number of halogens is 2. The van der Waals surface area contributed by atoms with Gasteiger partial charge in [-0.1, -0.05) is 23.2 Å². The lowest BCUT2D eigenvalue weighted by Crippen LogP contribution is -1.96. The van der Waals surface area contributed by atoms with Gasteiger partial charge >= 0.3 is 0 Å². The van der Waals surface area contributed by atoms with E-state index in [1.807, 2.05) is 0 Å². The molecule has 90 valence electrons. The second kappa shape index (κ2) is 7.22. The van der Waals surface area contributed by atoms with E-state index in [4.69, 9.17) is 27.9 Å². The van der Waals surface area contributed by atoms with Crippen LogP contribution in [0.25, 0.3) is 0 Å². The summed E-state index contributed by atoms with van der Waals surface area (Å²) in [5.74, 6) is 1.58. The second-order valence-electron chi connectivity index (χ2n) is 3.05. The van der Waals surface area contributed by atoms with Crippen LogP contribution in [-0.4, -0.2) is 31.5 Å². The van der Waals surface area contributed by atoms with Crippen molar-refractivity contribution in [1.82, 2.24) is 4.98 Å². The largest absolute Gasteiger partial charge is 0.385 e. The zero-order chi connectivity index (χ0) is 12.0.